The summed E-state index contributed by atoms with van der Waals surface area (Å²) in [5.41, 5.74) is 2.26. The molecule has 1 N–H and O–H groups in total. The molecule has 27 heavy (non-hydrogen) atoms. The van der Waals surface area contributed by atoms with Gasteiger partial charge in [-0.25, -0.2) is 4.79 Å². The number of ether oxygens (including phenoxy) is 1. The van der Waals surface area contributed by atoms with Gasteiger partial charge in [0, 0.05) is 11.3 Å². The smallest absolute Gasteiger partial charge is 0.329 e. The van der Waals surface area contributed by atoms with Crippen LogP contribution in [0.25, 0.3) is 0 Å². The van der Waals surface area contributed by atoms with Crippen LogP contribution in [-0.4, -0.2) is 48.5 Å². The average Bonchev–Trinajstić information content (AvgIpc) is 2.96. The molecular formula is C20H19N3O4. The molecule has 0 saturated carbocycles. The van der Waals surface area contributed by atoms with Gasteiger partial charge in [0.05, 0.1) is 13.1 Å². The number of benzene rings is 2. The van der Waals surface area contributed by atoms with Crippen LogP contribution in [0.5, 0.6) is 5.75 Å². The summed E-state index contributed by atoms with van der Waals surface area (Å²) in [6.07, 6.45) is -0.00525. The Morgan fingerprint density at radius 1 is 1.11 bits per heavy atom. The van der Waals surface area contributed by atoms with Gasteiger partial charge >= 0.3 is 6.03 Å². The zero-order valence-electron chi connectivity index (χ0n) is 14.8. The van der Waals surface area contributed by atoms with Crippen LogP contribution in [0.15, 0.2) is 48.5 Å². The fraction of sp³-hybridized carbons (Fsp3) is 0.250. The van der Waals surface area contributed by atoms with Crippen LogP contribution < -0.4 is 15.0 Å². The number of nitrogens with zero attached hydrogens (tertiary/aromatic N) is 2. The number of nitrogens with one attached hydrogen (secondary N) is 1. The zero-order valence-corrected chi connectivity index (χ0v) is 14.8. The molecule has 2 saturated heterocycles. The summed E-state index contributed by atoms with van der Waals surface area (Å²) in [5.74, 6) is 0.405. The number of likely N-dealkylation sites (tertiary alicyclic amines) is 1. The first-order valence-electron chi connectivity index (χ1n) is 8.73. The fourth-order valence-corrected chi connectivity index (χ4v) is 3.18. The van der Waals surface area contributed by atoms with E-state index in [0.717, 1.165) is 11.3 Å². The lowest BCUT2D eigenvalue weighted by Gasteiger charge is -2.39. The maximum atomic E-state index is 12.6. The van der Waals surface area contributed by atoms with Gasteiger partial charge in [-0.2, -0.15) is 0 Å². The van der Waals surface area contributed by atoms with E-state index < -0.39 is 6.03 Å². The largest absolute Gasteiger partial charge is 0.487 e. The van der Waals surface area contributed by atoms with Crippen molar-refractivity contribution in [2.75, 3.05) is 24.5 Å². The van der Waals surface area contributed by atoms with E-state index >= 15 is 0 Å². The van der Waals surface area contributed by atoms with Gasteiger partial charge in [-0.3, -0.25) is 19.8 Å². The molecule has 2 fully saturated rings. The summed E-state index contributed by atoms with van der Waals surface area (Å²) in [5, 5.41) is 2.23. The molecule has 2 aliphatic rings. The van der Waals surface area contributed by atoms with Crippen molar-refractivity contribution in [2.45, 2.75) is 13.0 Å². The predicted octanol–water partition coefficient (Wildman–Crippen LogP) is 1.95. The Kier molecular flexibility index (Phi) is 4.27. The highest BCUT2D eigenvalue weighted by molar-refractivity contribution is 6.12. The third-order valence-electron chi connectivity index (χ3n) is 4.65. The molecule has 138 valence electrons. The molecule has 2 aromatic rings. The first-order valence-corrected chi connectivity index (χ1v) is 8.73. The number of imide groups is 1. The third kappa shape index (κ3) is 3.48. The molecule has 4 rings (SSSR count). The maximum Gasteiger partial charge on any atom is 0.329 e. The second kappa shape index (κ2) is 6.75. The van der Waals surface area contributed by atoms with E-state index in [4.69, 9.17) is 4.74 Å². The van der Waals surface area contributed by atoms with Crippen LogP contribution in [0.4, 0.5) is 10.5 Å². The minimum Gasteiger partial charge on any atom is -0.487 e. The highest BCUT2D eigenvalue weighted by Crippen LogP contribution is 2.22. The number of rotatable bonds is 4. The highest BCUT2D eigenvalue weighted by Gasteiger charge is 2.33. The van der Waals surface area contributed by atoms with Crippen molar-refractivity contribution < 1.29 is 19.1 Å². The van der Waals surface area contributed by atoms with Gasteiger partial charge in [0.2, 0.25) is 5.91 Å². The van der Waals surface area contributed by atoms with Crippen molar-refractivity contribution in [3.63, 3.8) is 0 Å². The van der Waals surface area contributed by atoms with Crippen LogP contribution in [0.2, 0.25) is 0 Å². The summed E-state index contributed by atoms with van der Waals surface area (Å²) >= 11 is 0. The molecule has 0 spiro atoms. The summed E-state index contributed by atoms with van der Waals surface area (Å²) in [7, 11) is 0. The van der Waals surface area contributed by atoms with E-state index in [-0.39, 0.29) is 24.5 Å². The number of aryl methyl sites for hydroxylation is 1. The predicted molar refractivity (Wildman–Crippen MR) is 98.8 cm³/mol. The number of carbonyl (C=O) groups excluding carboxylic acids is 3. The van der Waals surface area contributed by atoms with Crippen LogP contribution in [0, 0.1) is 6.92 Å². The number of urea groups is 1. The molecule has 0 aliphatic carbocycles. The highest BCUT2D eigenvalue weighted by atomic mass is 16.5. The third-order valence-corrected chi connectivity index (χ3v) is 4.65. The Morgan fingerprint density at radius 3 is 2.48 bits per heavy atom. The Bertz CT molecular complexity index is 904. The molecule has 4 amide bonds. The average molecular weight is 365 g/mol. The lowest BCUT2D eigenvalue weighted by molar-refractivity contribution is -0.117. The van der Waals surface area contributed by atoms with Gasteiger partial charge in [-0.15, -0.1) is 0 Å². The quantitative estimate of drug-likeness (QED) is 0.840. The van der Waals surface area contributed by atoms with E-state index in [9.17, 15) is 14.4 Å². The molecule has 0 atom stereocenters. The number of hydrogen-bond acceptors (Lipinski definition) is 4. The Labute approximate surface area is 156 Å². The molecule has 0 radical (unpaired) electrons. The van der Waals surface area contributed by atoms with Crippen LogP contribution in [0.1, 0.15) is 15.9 Å². The summed E-state index contributed by atoms with van der Waals surface area (Å²) in [6, 6.07) is 14.1. The minimum atomic E-state index is -0.446. The maximum absolute atomic E-state index is 12.6. The second-order valence-electron chi connectivity index (χ2n) is 6.75. The number of carbonyl (C=O) groups is 3. The van der Waals surface area contributed by atoms with Gasteiger partial charge < -0.3 is 9.64 Å². The molecule has 2 aliphatic heterocycles. The SMILES string of the molecule is Cc1cccc(OC2CN(C(=O)c3ccc(N4CC(=O)NC4=O)cc3)C2)c1. The first kappa shape index (κ1) is 17.1. The van der Waals surface area contributed by atoms with Crippen LogP contribution >= 0.6 is 0 Å². The number of anilines is 1. The minimum absolute atomic E-state index is 0.00374. The van der Waals surface area contributed by atoms with Gasteiger partial charge in [0.25, 0.3) is 5.91 Å². The number of amides is 4. The van der Waals surface area contributed by atoms with Crippen LogP contribution in [0.3, 0.4) is 0 Å². The van der Waals surface area contributed by atoms with Crippen molar-refractivity contribution in [1.29, 1.82) is 0 Å². The Hall–Kier alpha value is -3.35. The summed E-state index contributed by atoms with van der Waals surface area (Å²) in [6.45, 7) is 3.08. The van der Waals surface area contributed by atoms with Gasteiger partial charge in [-0.05, 0) is 48.9 Å². The van der Waals surface area contributed by atoms with Crippen molar-refractivity contribution in [1.82, 2.24) is 10.2 Å². The summed E-state index contributed by atoms with van der Waals surface area (Å²) in [4.78, 5) is 38.6. The Balaban J connectivity index is 1.34. The molecule has 7 nitrogen and oxygen atoms in total. The van der Waals surface area contributed by atoms with Gasteiger partial charge in [0.15, 0.2) is 0 Å². The van der Waals surface area contributed by atoms with Gasteiger partial charge in [-0.1, -0.05) is 12.1 Å². The van der Waals surface area contributed by atoms with E-state index in [1.807, 2.05) is 31.2 Å². The normalized spacial score (nSPS) is 16.9. The second-order valence-corrected chi connectivity index (χ2v) is 6.75. The molecule has 0 bridgehead atoms. The molecule has 0 aromatic heterocycles. The molecule has 7 heteroatoms. The lowest BCUT2D eigenvalue weighted by Crippen LogP contribution is -2.56. The van der Waals surface area contributed by atoms with Crippen molar-refractivity contribution in [3.8, 4) is 5.75 Å². The lowest BCUT2D eigenvalue weighted by atomic mass is 10.1. The van der Waals surface area contributed by atoms with E-state index in [2.05, 4.69) is 5.32 Å². The zero-order chi connectivity index (χ0) is 19.0. The van der Waals surface area contributed by atoms with E-state index in [0.29, 0.717) is 24.3 Å². The fourth-order valence-electron chi connectivity index (χ4n) is 3.18. The monoisotopic (exact) mass is 365 g/mol. The number of hydrogen-bond donors (Lipinski definition) is 1. The van der Waals surface area contributed by atoms with Gasteiger partial charge in [0.1, 0.15) is 18.4 Å². The van der Waals surface area contributed by atoms with Crippen molar-refractivity contribution in [2.24, 2.45) is 0 Å². The van der Waals surface area contributed by atoms with Crippen molar-refractivity contribution in [3.05, 3.63) is 59.7 Å². The molecule has 2 aromatic carbocycles. The van der Waals surface area contributed by atoms with Crippen LogP contribution in [-0.2, 0) is 4.79 Å². The van der Waals surface area contributed by atoms with Crippen molar-refractivity contribution >= 4 is 23.5 Å². The molecule has 0 unspecified atom stereocenters. The topological polar surface area (TPSA) is 79.0 Å². The molecule has 2 heterocycles. The standard InChI is InChI=1S/C20H19N3O4/c1-13-3-2-4-16(9-13)27-17-10-22(11-17)19(25)14-5-7-15(8-6-14)23-12-18(24)21-20(23)26/h2-9,17H,10-12H2,1H3,(H,21,24,26). The summed E-state index contributed by atoms with van der Waals surface area (Å²) < 4.78 is 5.88. The molecular weight excluding hydrogens is 346 g/mol. The Morgan fingerprint density at radius 2 is 1.85 bits per heavy atom. The van der Waals surface area contributed by atoms with E-state index in [1.165, 1.54) is 4.90 Å². The van der Waals surface area contributed by atoms with E-state index in [1.54, 1.807) is 29.2 Å². The first-order chi connectivity index (χ1) is 13.0.